The van der Waals surface area contributed by atoms with Crippen LogP contribution in [0.3, 0.4) is 0 Å². The topological polar surface area (TPSA) is 20.2 Å². The Labute approximate surface area is 142 Å². The first-order chi connectivity index (χ1) is 9.47. The van der Waals surface area contributed by atoms with Gasteiger partial charge in [-0.15, -0.1) is 11.6 Å². The van der Waals surface area contributed by atoms with Crippen molar-refractivity contribution in [3.8, 4) is 0 Å². The van der Waals surface area contributed by atoms with Crippen LogP contribution in [0.2, 0.25) is 0 Å². The molecule has 108 valence electrons. The minimum Gasteiger partial charge on any atom is -0.392 e. The highest BCUT2D eigenvalue weighted by Gasteiger charge is 1.96. The van der Waals surface area contributed by atoms with E-state index in [-0.39, 0.29) is 6.61 Å². The third-order valence-electron chi connectivity index (χ3n) is 2.92. The van der Waals surface area contributed by atoms with Crippen molar-refractivity contribution >= 4 is 43.5 Å². The van der Waals surface area contributed by atoms with E-state index in [4.69, 9.17) is 16.7 Å². The molecule has 1 nitrogen and oxygen atoms in total. The zero-order valence-electron chi connectivity index (χ0n) is 11.5. The molecule has 0 bridgehead atoms. The molecule has 2 rings (SSSR count). The van der Waals surface area contributed by atoms with Crippen molar-refractivity contribution in [1.82, 2.24) is 0 Å². The van der Waals surface area contributed by atoms with Gasteiger partial charge in [0, 0.05) is 14.8 Å². The number of aliphatic hydroxyl groups excluding tert-OH is 1. The Bertz CT molecular complexity index is 519. The average Bonchev–Trinajstić information content (AvgIpc) is 2.40. The Morgan fingerprint density at radius 3 is 1.70 bits per heavy atom. The van der Waals surface area contributed by atoms with Crippen LogP contribution in [-0.4, -0.2) is 5.11 Å². The molecular formula is C16H17Br2ClO. The van der Waals surface area contributed by atoms with Crippen molar-refractivity contribution in [3.05, 3.63) is 67.6 Å². The maximum absolute atomic E-state index is 8.79. The summed E-state index contributed by atoms with van der Waals surface area (Å²) in [5, 5.41) is 8.79. The van der Waals surface area contributed by atoms with Crippen molar-refractivity contribution < 1.29 is 5.11 Å². The van der Waals surface area contributed by atoms with Gasteiger partial charge in [0.2, 0.25) is 0 Å². The predicted molar refractivity (Wildman–Crippen MR) is 93.2 cm³/mol. The lowest BCUT2D eigenvalue weighted by molar-refractivity contribution is 0.281. The van der Waals surface area contributed by atoms with Gasteiger partial charge < -0.3 is 5.11 Å². The van der Waals surface area contributed by atoms with E-state index >= 15 is 0 Å². The second-order valence-electron chi connectivity index (χ2n) is 4.43. The van der Waals surface area contributed by atoms with Crippen LogP contribution in [0, 0.1) is 13.8 Å². The minimum atomic E-state index is 0.124. The largest absolute Gasteiger partial charge is 0.392 e. The fourth-order valence-electron chi connectivity index (χ4n) is 1.65. The maximum Gasteiger partial charge on any atom is 0.0684 e. The molecule has 0 spiro atoms. The molecule has 0 heterocycles. The number of aryl methyl sites for hydroxylation is 2. The van der Waals surface area contributed by atoms with Crippen molar-refractivity contribution in [2.24, 2.45) is 0 Å². The third kappa shape index (κ3) is 5.57. The highest BCUT2D eigenvalue weighted by Crippen LogP contribution is 2.17. The van der Waals surface area contributed by atoms with E-state index < -0.39 is 0 Å². The van der Waals surface area contributed by atoms with Crippen LogP contribution in [-0.2, 0) is 12.5 Å². The molecule has 0 atom stereocenters. The van der Waals surface area contributed by atoms with E-state index in [2.05, 4.69) is 44.8 Å². The van der Waals surface area contributed by atoms with Gasteiger partial charge in [0.1, 0.15) is 0 Å². The summed E-state index contributed by atoms with van der Waals surface area (Å²) in [6.45, 7) is 4.16. The van der Waals surface area contributed by atoms with Gasteiger partial charge in [-0.2, -0.15) is 0 Å². The lowest BCUT2D eigenvalue weighted by Gasteiger charge is -2.00. The van der Waals surface area contributed by atoms with E-state index in [1.54, 1.807) is 0 Å². The van der Waals surface area contributed by atoms with Crippen LogP contribution in [0.15, 0.2) is 45.3 Å². The van der Waals surface area contributed by atoms with Crippen LogP contribution in [0.25, 0.3) is 0 Å². The fraction of sp³-hybridized carbons (Fsp3) is 0.250. The molecule has 0 radical (unpaired) electrons. The van der Waals surface area contributed by atoms with Gasteiger partial charge in [-0.3, -0.25) is 0 Å². The molecule has 0 aliphatic rings. The van der Waals surface area contributed by atoms with Crippen molar-refractivity contribution in [2.75, 3.05) is 0 Å². The van der Waals surface area contributed by atoms with Crippen LogP contribution in [0.4, 0.5) is 0 Å². The second-order valence-corrected chi connectivity index (χ2v) is 6.53. The summed E-state index contributed by atoms with van der Waals surface area (Å²) in [7, 11) is 0. The van der Waals surface area contributed by atoms with Crippen LogP contribution < -0.4 is 0 Å². The molecule has 2 aromatic rings. The predicted octanol–water partition coefficient (Wildman–Crippen LogP) is 5.75. The molecule has 0 aliphatic carbocycles. The molecule has 2 aromatic carbocycles. The number of aliphatic hydroxyl groups is 1. The number of alkyl halides is 1. The molecule has 0 amide bonds. The summed E-state index contributed by atoms with van der Waals surface area (Å²) in [6, 6.07) is 11.9. The van der Waals surface area contributed by atoms with Crippen molar-refractivity contribution in [1.29, 1.82) is 0 Å². The molecular weight excluding hydrogens is 403 g/mol. The van der Waals surface area contributed by atoms with Gasteiger partial charge in [0.15, 0.2) is 0 Å². The Morgan fingerprint density at radius 2 is 1.35 bits per heavy atom. The van der Waals surface area contributed by atoms with Gasteiger partial charge in [0.05, 0.1) is 6.61 Å². The van der Waals surface area contributed by atoms with Gasteiger partial charge in [0.25, 0.3) is 0 Å². The highest BCUT2D eigenvalue weighted by molar-refractivity contribution is 9.10. The van der Waals surface area contributed by atoms with Crippen LogP contribution in [0.5, 0.6) is 0 Å². The molecule has 0 aliphatic heterocycles. The highest BCUT2D eigenvalue weighted by atomic mass is 79.9. The van der Waals surface area contributed by atoms with E-state index in [9.17, 15) is 0 Å². The summed E-state index contributed by atoms with van der Waals surface area (Å²) in [4.78, 5) is 0. The van der Waals surface area contributed by atoms with Gasteiger partial charge in [-0.25, -0.2) is 0 Å². The monoisotopic (exact) mass is 418 g/mol. The lowest BCUT2D eigenvalue weighted by Crippen LogP contribution is -1.86. The van der Waals surface area contributed by atoms with Crippen molar-refractivity contribution in [2.45, 2.75) is 26.3 Å². The smallest absolute Gasteiger partial charge is 0.0684 e. The van der Waals surface area contributed by atoms with Gasteiger partial charge >= 0.3 is 0 Å². The molecule has 0 fully saturated rings. The molecule has 20 heavy (non-hydrogen) atoms. The Morgan fingerprint density at radius 1 is 0.900 bits per heavy atom. The first-order valence-corrected chi connectivity index (χ1v) is 8.27. The third-order valence-corrected chi connectivity index (χ3v) is 4.20. The number of rotatable bonds is 2. The number of benzene rings is 2. The first kappa shape index (κ1) is 17.7. The SMILES string of the molecule is Cc1cc(Br)ccc1CCl.Cc1cc(Br)ccc1CO. The molecule has 0 unspecified atom stereocenters. The van der Waals surface area contributed by atoms with E-state index in [1.165, 1.54) is 11.1 Å². The average molecular weight is 421 g/mol. The first-order valence-electron chi connectivity index (χ1n) is 6.14. The zero-order chi connectivity index (χ0) is 15.1. The summed E-state index contributed by atoms with van der Waals surface area (Å²) < 4.78 is 2.17. The standard InChI is InChI=1S/C8H8BrCl.C8H9BrO/c2*1-6-4-8(9)3-2-7(6)5-10/h2-4H,5H2,1H3;2-4,10H,5H2,1H3. The Kier molecular flexibility index (Phi) is 7.82. The van der Waals surface area contributed by atoms with E-state index in [0.717, 1.165) is 20.1 Å². The number of hydrogen-bond acceptors (Lipinski definition) is 1. The quantitative estimate of drug-likeness (QED) is 0.614. The summed E-state index contributed by atoms with van der Waals surface area (Å²) in [6.07, 6.45) is 0. The molecule has 1 N–H and O–H groups in total. The fourth-order valence-corrected chi connectivity index (χ4v) is 2.90. The van der Waals surface area contributed by atoms with E-state index in [1.807, 2.05) is 37.3 Å². The number of hydrogen-bond donors (Lipinski definition) is 1. The Hall–Kier alpha value is -0.350. The minimum absolute atomic E-state index is 0.124. The van der Waals surface area contributed by atoms with Crippen LogP contribution >= 0.6 is 43.5 Å². The second kappa shape index (κ2) is 8.83. The summed E-state index contributed by atoms with van der Waals surface area (Å²) in [5.41, 5.74) is 4.55. The van der Waals surface area contributed by atoms with Crippen LogP contribution in [0.1, 0.15) is 22.3 Å². The Balaban J connectivity index is 0.000000200. The zero-order valence-corrected chi connectivity index (χ0v) is 15.4. The van der Waals surface area contributed by atoms with Crippen molar-refractivity contribution in [3.63, 3.8) is 0 Å². The van der Waals surface area contributed by atoms with Gasteiger partial charge in [-0.1, -0.05) is 44.0 Å². The molecule has 0 saturated carbocycles. The number of halogens is 3. The lowest BCUT2D eigenvalue weighted by atomic mass is 10.1. The van der Waals surface area contributed by atoms with E-state index in [0.29, 0.717) is 5.88 Å². The summed E-state index contributed by atoms with van der Waals surface area (Å²) >= 11 is 12.4. The molecule has 4 heteroatoms. The normalized spacial score (nSPS) is 9.90. The summed E-state index contributed by atoms with van der Waals surface area (Å²) in [5.74, 6) is 0.596. The molecule has 0 saturated heterocycles. The van der Waals surface area contributed by atoms with Gasteiger partial charge in [-0.05, 0) is 60.4 Å². The molecule has 0 aromatic heterocycles. The maximum atomic E-state index is 8.79.